The van der Waals surface area contributed by atoms with E-state index in [4.69, 9.17) is 18.9 Å². The molecule has 0 saturated carbocycles. The highest BCUT2D eigenvalue weighted by molar-refractivity contribution is 5.85. The molecule has 3 aromatic rings. The average molecular weight is 611 g/mol. The number of carbonyl (C=O) groups is 4. The minimum absolute atomic E-state index is 0.0429. The summed E-state index contributed by atoms with van der Waals surface area (Å²) < 4.78 is 20.5. The Labute approximate surface area is 257 Å². The summed E-state index contributed by atoms with van der Waals surface area (Å²) >= 11 is 0. The number of hydrogen-bond donors (Lipinski definition) is 4. The van der Waals surface area contributed by atoms with Crippen molar-refractivity contribution in [2.24, 2.45) is 0 Å². The number of benzene rings is 2. The Morgan fingerprint density at radius 1 is 0.841 bits per heavy atom. The van der Waals surface area contributed by atoms with Crippen molar-refractivity contribution in [2.45, 2.75) is 63.4 Å². The quantitative estimate of drug-likeness (QED) is 0.158. The van der Waals surface area contributed by atoms with Crippen LogP contribution < -0.4 is 16.0 Å². The molecule has 3 rings (SSSR count). The first-order chi connectivity index (χ1) is 20.9. The second kappa shape index (κ2) is 15.9. The van der Waals surface area contributed by atoms with Crippen molar-refractivity contribution in [1.82, 2.24) is 20.9 Å². The molecule has 12 nitrogen and oxygen atoms in total. The summed E-state index contributed by atoms with van der Waals surface area (Å²) in [7, 11) is 3.74. The summed E-state index contributed by atoms with van der Waals surface area (Å²) in [4.78, 5) is 54.4. The van der Waals surface area contributed by atoms with Crippen LogP contribution in [0.25, 0.3) is 10.9 Å². The first-order valence-corrected chi connectivity index (χ1v) is 14.3. The number of H-pyrrole nitrogens is 1. The molecule has 4 atom stereocenters. The Balaban J connectivity index is 2.06. The van der Waals surface area contributed by atoms with E-state index in [1.807, 2.05) is 54.6 Å². The average Bonchev–Trinajstić information content (AvgIpc) is 3.43. The van der Waals surface area contributed by atoms with Gasteiger partial charge in [0.05, 0.1) is 33.8 Å². The molecule has 1 heterocycles. The summed E-state index contributed by atoms with van der Waals surface area (Å²) in [5, 5.41) is 10.2. The molecule has 12 heteroatoms. The fourth-order valence-electron chi connectivity index (χ4n) is 4.81. The Morgan fingerprint density at radius 3 is 2.11 bits per heavy atom. The predicted molar refractivity (Wildman–Crippen MR) is 164 cm³/mol. The summed E-state index contributed by atoms with van der Waals surface area (Å²) in [6, 6.07) is 13.4. The van der Waals surface area contributed by atoms with Crippen molar-refractivity contribution < 1.29 is 38.1 Å². The minimum Gasteiger partial charge on any atom is -0.469 e. The molecule has 0 spiro atoms. The third kappa shape index (κ3) is 9.81. The maximum atomic E-state index is 13.2. The lowest BCUT2D eigenvalue weighted by molar-refractivity contribution is -0.150. The SMILES string of the molecule is COC(=O)C[C@H](N[C@H](CN[C@@H](Cc1ccccc1)C(=O)OC)[C@@H](NC(=O)OC(C)(C)C)c1c[nH]c2ccccc12)C(=O)OC. The minimum atomic E-state index is -1.14. The number of carbonyl (C=O) groups excluding carboxylic acids is 4. The van der Waals surface area contributed by atoms with E-state index in [1.165, 1.54) is 21.3 Å². The van der Waals surface area contributed by atoms with Crippen LogP contribution in [0.3, 0.4) is 0 Å². The van der Waals surface area contributed by atoms with Crippen LogP contribution in [0.1, 0.15) is 44.4 Å². The fraction of sp³-hybridized carbons (Fsp3) is 0.438. The van der Waals surface area contributed by atoms with E-state index in [2.05, 4.69) is 20.9 Å². The van der Waals surface area contributed by atoms with Crippen LogP contribution in [0.4, 0.5) is 4.79 Å². The molecule has 0 radical (unpaired) electrons. The van der Waals surface area contributed by atoms with E-state index in [0.29, 0.717) is 12.0 Å². The molecule has 0 aliphatic heterocycles. The summed E-state index contributed by atoms with van der Waals surface area (Å²) in [6.07, 6.45) is 1.05. The number of hydrogen-bond acceptors (Lipinski definition) is 10. The summed E-state index contributed by atoms with van der Waals surface area (Å²) in [5.41, 5.74) is 1.62. The molecule has 238 valence electrons. The van der Waals surface area contributed by atoms with Crippen LogP contribution in [0.15, 0.2) is 60.8 Å². The maximum absolute atomic E-state index is 13.2. The van der Waals surface area contributed by atoms with Gasteiger partial charge in [0, 0.05) is 35.2 Å². The van der Waals surface area contributed by atoms with Gasteiger partial charge >= 0.3 is 24.0 Å². The molecule has 0 bridgehead atoms. The number of esters is 3. The number of aromatic amines is 1. The molecule has 0 unspecified atom stereocenters. The molecule has 0 saturated heterocycles. The van der Waals surface area contributed by atoms with Crippen LogP contribution in [0.5, 0.6) is 0 Å². The van der Waals surface area contributed by atoms with Crippen LogP contribution in [-0.4, -0.2) is 80.6 Å². The molecule has 44 heavy (non-hydrogen) atoms. The number of amides is 1. The number of methoxy groups -OCH3 is 3. The van der Waals surface area contributed by atoms with Crippen molar-refractivity contribution >= 4 is 34.9 Å². The third-order valence-electron chi connectivity index (χ3n) is 6.88. The van der Waals surface area contributed by atoms with E-state index >= 15 is 0 Å². The van der Waals surface area contributed by atoms with Gasteiger partial charge in [-0.2, -0.15) is 0 Å². The van der Waals surface area contributed by atoms with Crippen molar-refractivity contribution in [1.29, 1.82) is 0 Å². The number of para-hydroxylation sites is 1. The zero-order valence-electron chi connectivity index (χ0n) is 26.0. The topological polar surface area (TPSA) is 157 Å². The highest BCUT2D eigenvalue weighted by atomic mass is 16.6. The predicted octanol–water partition coefficient (Wildman–Crippen LogP) is 3.17. The first-order valence-electron chi connectivity index (χ1n) is 14.3. The number of rotatable bonds is 14. The molecule has 4 N–H and O–H groups in total. The molecule has 0 aliphatic rings. The highest BCUT2D eigenvalue weighted by Gasteiger charge is 2.35. The lowest BCUT2D eigenvalue weighted by Gasteiger charge is -2.33. The monoisotopic (exact) mass is 610 g/mol. The number of aromatic nitrogens is 1. The largest absolute Gasteiger partial charge is 0.469 e. The molecular formula is C32H42N4O8. The third-order valence-corrected chi connectivity index (χ3v) is 6.88. The van der Waals surface area contributed by atoms with Crippen LogP contribution >= 0.6 is 0 Å². The van der Waals surface area contributed by atoms with E-state index in [1.54, 1.807) is 27.0 Å². The van der Waals surface area contributed by atoms with Gasteiger partial charge in [0.15, 0.2) is 0 Å². The Bertz CT molecular complexity index is 1400. The Morgan fingerprint density at radius 2 is 1.48 bits per heavy atom. The Kier molecular flexibility index (Phi) is 12.3. The van der Waals surface area contributed by atoms with Gasteiger partial charge in [-0.25, -0.2) is 4.79 Å². The number of ether oxygens (including phenoxy) is 4. The number of nitrogens with one attached hydrogen (secondary N) is 4. The van der Waals surface area contributed by atoms with Gasteiger partial charge < -0.3 is 34.6 Å². The zero-order chi connectivity index (χ0) is 32.3. The second-order valence-corrected chi connectivity index (χ2v) is 11.2. The van der Waals surface area contributed by atoms with Gasteiger partial charge in [0.1, 0.15) is 17.7 Å². The van der Waals surface area contributed by atoms with Gasteiger partial charge in [-0.15, -0.1) is 0 Å². The van der Waals surface area contributed by atoms with Crippen molar-refractivity contribution in [2.75, 3.05) is 27.9 Å². The van der Waals surface area contributed by atoms with Gasteiger partial charge in [0.25, 0.3) is 0 Å². The summed E-state index contributed by atoms with van der Waals surface area (Å²) in [6.45, 7) is 5.29. The van der Waals surface area contributed by atoms with Crippen LogP contribution in [0.2, 0.25) is 0 Å². The fourth-order valence-corrected chi connectivity index (χ4v) is 4.81. The molecule has 2 aromatic carbocycles. The second-order valence-electron chi connectivity index (χ2n) is 11.2. The molecule has 0 aliphatic carbocycles. The van der Waals surface area contributed by atoms with Crippen molar-refractivity contribution in [3.63, 3.8) is 0 Å². The van der Waals surface area contributed by atoms with Crippen LogP contribution in [0, 0.1) is 0 Å². The van der Waals surface area contributed by atoms with E-state index in [9.17, 15) is 19.2 Å². The highest BCUT2D eigenvalue weighted by Crippen LogP contribution is 2.27. The number of fused-ring (bicyclic) bond motifs is 1. The van der Waals surface area contributed by atoms with Crippen molar-refractivity contribution in [3.05, 3.63) is 71.9 Å². The van der Waals surface area contributed by atoms with E-state index in [-0.39, 0.29) is 13.0 Å². The lowest BCUT2D eigenvalue weighted by atomic mass is 9.96. The molecule has 0 fully saturated rings. The molecule has 1 aromatic heterocycles. The smallest absolute Gasteiger partial charge is 0.408 e. The summed E-state index contributed by atoms with van der Waals surface area (Å²) in [5.74, 6) is -1.83. The van der Waals surface area contributed by atoms with Gasteiger partial charge in [0.2, 0.25) is 0 Å². The number of alkyl carbamates (subject to hydrolysis) is 1. The van der Waals surface area contributed by atoms with Crippen LogP contribution in [-0.2, 0) is 39.8 Å². The normalized spacial score (nSPS) is 14.1. The first kappa shape index (κ1) is 34.1. The maximum Gasteiger partial charge on any atom is 0.408 e. The van der Waals surface area contributed by atoms with E-state index in [0.717, 1.165) is 16.5 Å². The molecular weight excluding hydrogens is 568 g/mol. The van der Waals surface area contributed by atoms with Gasteiger partial charge in [-0.3, -0.25) is 19.7 Å². The zero-order valence-corrected chi connectivity index (χ0v) is 26.0. The van der Waals surface area contributed by atoms with Gasteiger partial charge in [-0.05, 0) is 38.8 Å². The Hall–Kier alpha value is -4.42. The standard InChI is InChI=1S/C32H42N4O8/c1-32(2,3)44-31(40)36-28(22-18-33-23-15-11-10-14-21(22)23)26(35-25(30(39)43-6)17-27(37)41-4)19-34-24(29(38)42-5)16-20-12-8-7-9-13-20/h7-15,18,24-26,28,33-35H,16-17,19H2,1-6H3,(H,36,40)/t24-,25-,26+,28-/m0/s1. The molecule has 1 amide bonds. The lowest BCUT2D eigenvalue weighted by Crippen LogP contribution is -2.57. The van der Waals surface area contributed by atoms with Crippen molar-refractivity contribution in [3.8, 4) is 0 Å². The van der Waals surface area contributed by atoms with Gasteiger partial charge in [-0.1, -0.05) is 48.5 Å². The van der Waals surface area contributed by atoms with E-state index < -0.39 is 53.8 Å².